The maximum Gasteiger partial charge on any atom is 0.326 e. The molecule has 0 atom stereocenters. The summed E-state index contributed by atoms with van der Waals surface area (Å²) >= 11 is 0. The largest absolute Gasteiger partial charge is 0.362 e. The van der Waals surface area contributed by atoms with Crippen LogP contribution < -0.4 is 10.6 Å². The molecule has 0 unspecified atom stereocenters. The van der Waals surface area contributed by atoms with Gasteiger partial charge in [0, 0.05) is 25.7 Å². The molecule has 170 valence electrons. The van der Waals surface area contributed by atoms with Crippen LogP contribution in [0.4, 0.5) is 5.69 Å². The van der Waals surface area contributed by atoms with E-state index in [1.54, 1.807) is 0 Å². The second-order valence-corrected chi connectivity index (χ2v) is 9.15. The summed E-state index contributed by atoms with van der Waals surface area (Å²) in [5, 5.41) is 8.69. The third kappa shape index (κ3) is 3.54. The summed E-state index contributed by atoms with van der Waals surface area (Å²) in [7, 11) is 0. The van der Waals surface area contributed by atoms with Gasteiger partial charge in [-0.05, 0) is 57.0 Å². The number of aromatic amines is 1. The van der Waals surface area contributed by atoms with Crippen LogP contribution in [0.25, 0.3) is 16.7 Å². The fourth-order valence-electron chi connectivity index (χ4n) is 5.52. The van der Waals surface area contributed by atoms with Gasteiger partial charge in [-0.3, -0.25) is 9.13 Å². The van der Waals surface area contributed by atoms with Crippen LogP contribution in [0.5, 0.6) is 0 Å². The van der Waals surface area contributed by atoms with Crippen LogP contribution in [0, 0.1) is 6.92 Å². The van der Waals surface area contributed by atoms with Crippen molar-refractivity contribution in [3.63, 3.8) is 0 Å². The predicted octanol–water partition coefficient (Wildman–Crippen LogP) is 3.27. The number of H-pyrrole nitrogens is 1. The van der Waals surface area contributed by atoms with Crippen molar-refractivity contribution in [3.8, 4) is 5.69 Å². The number of piperidine rings is 1. The summed E-state index contributed by atoms with van der Waals surface area (Å²) in [5.41, 5.74) is 4.39. The Labute approximate surface area is 192 Å². The van der Waals surface area contributed by atoms with Gasteiger partial charge in [-0.1, -0.05) is 24.3 Å². The van der Waals surface area contributed by atoms with Crippen LogP contribution in [-0.2, 0) is 6.54 Å². The lowest BCUT2D eigenvalue weighted by Crippen LogP contribution is -2.39. The number of hydrogen-bond donors (Lipinski definition) is 1. The molecule has 4 aromatic rings. The van der Waals surface area contributed by atoms with E-state index in [4.69, 9.17) is 0 Å². The van der Waals surface area contributed by atoms with Crippen molar-refractivity contribution >= 4 is 16.7 Å². The number of rotatable bonds is 5. The number of nitrogens with zero attached hydrogens (tertiary/aromatic N) is 6. The molecule has 0 saturated carbocycles. The molecule has 0 aliphatic carbocycles. The zero-order valence-electron chi connectivity index (χ0n) is 18.9. The van der Waals surface area contributed by atoms with Crippen molar-refractivity contribution in [2.75, 3.05) is 31.1 Å². The topological polar surface area (TPSA) is 75.0 Å². The van der Waals surface area contributed by atoms with Gasteiger partial charge in [0.2, 0.25) is 0 Å². The van der Waals surface area contributed by atoms with Crippen molar-refractivity contribution in [2.24, 2.45) is 0 Å². The van der Waals surface area contributed by atoms with Crippen LogP contribution >= 0.6 is 0 Å². The minimum atomic E-state index is 0.0153. The highest BCUT2D eigenvalue weighted by Crippen LogP contribution is 2.32. The molecule has 8 heteroatoms. The number of anilines is 1. The quantitative estimate of drug-likeness (QED) is 0.512. The van der Waals surface area contributed by atoms with Crippen LogP contribution in [-0.4, -0.2) is 55.4 Å². The molecular formula is C25H29N7O. The highest BCUT2D eigenvalue weighted by molar-refractivity contribution is 5.75. The molecule has 1 fully saturated rings. The van der Waals surface area contributed by atoms with Crippen LogP contribution in [0.1, 0.15) is 37.0 Å². The van der Waals surface area contributed by atoms with Gasteiger partial charge in [0.25, 0.3) is 0 Å². The van der Waals surface area contributed by atoms with E-state index in [0.717, 1.165) is 74.7 Å². The number of likely N-dealkylation sites (tertiary alicyclic amines) is 1. The van der Waals surface area contributed by atoms with E-state index in [1.807, 2.05) is 35.8 Å². The molecule has 2 aromatic carbocycles. The normalized spacial score (nSPS) is 16.8. The molecule has 0 spiro atoms. The first-order valence-electron chi connectivity index (χ1n) is 11.9. The third-order valence-electron chi connectivity index (χ3n) is 7.14. The number of fused-ring (bicyclic) bond motifs is 4. The van der Waals surface area contributed by atoms with Gasteiger partial charge in [0.1, 0.15) is 5.82 Å². The Morgan fingerprint density at radius 3 is 2.58 bits per heavy atom. The Hall–Kier alpha value is -3.39. The summed E-state index contributed by atoms with van der Waals surface area (Å²) in [6.45, 7) is 6.92. The fourth-order valence-corrected chi connectivity index (χ4v) is 5.52. The Bertz CT molecular complexity index is 1340. The monoisotopic (exact) mass is 443 g/mol. The minimum Gasteiger partial charge on any atom is -0.362 e. The van der Waals surface area contributed by atoms with E-state index in [0.29, 0.717) is 0 Å². The number of aryl methyl sites for hydroxylation is 1. The van der Waals surface area contributed by atoms with Crippen molar-refractivity contribution < 1.29 is 0 Å². The Kier molecular flexibility index (Phi) is 5.02. The van der Waals surface area contributed by atoms with E-state index in [1.165, 1.54) is 11.4 Å². The van der Waals surface area contributed by atoms with Gasteiger partial charge in [-0.2, -0.15) is 0 Å². The average Bonchev–Trinajstić information content (AvgIpc) is 3.38. The van der Waals surface area contributed by atoms with Gasteiger partial charge in [-0.25, -0.2) is 4.79 Å². The Morgan fingerprint density at radius 1 is 0.970 bits per heavy atom. The molecule has 0 radical (unpaired) electrons. The van der Waals surface area contributed by atoms with Gasteiger partial charge in [-0.15, -0.1) is 10.2 Å². The molecule has 2 aliphatic rings. The number of para-hydroxylation sites is 4. The summed E-state index contributed by atoms with van der Waals surface area (Å²) in [5.74, 6) is 1.95. The molecule has 2 aliphatic heterocycles. The van der Waals surface area contributed by atoms with Crippen LogP contribution in [0.3, 0.4) is 0 Å². The average molecular weight is 444 g/mol. The lowest BCUT2D eigenvalue weighted by atomic mass is 10.0. The first kappa shape index (κ1) is 20.2. The number of imidazole rings is 1. The third-order valence-corrected chi connectivity index (χ3v) is 7.14. The number of aromatic nitrogens is 5. The standard InChI is InChI=1S/C25H29N7O/c1-18-27-28-24-17-30(22-9-4-5-10-23(22)31(18)24)14-6-13-29-15-11-19(12-16-29)32-21-8-3-2-7-20(21)26-25(32)33/h2-5,7-10,19H,6,11-17H2,1H3,(H,26,33). The molecule has 0 amide bonds. The first-order valence-corrected chi connectivity index (χ1v) is 11.9. The van der Waals surface area contributed by atoms with E-state index in [-0.39, 0.29) is 11.7 Å². The summed E-state index contributed by atoms with van der Waals surface area (Å²) in [6.07, 6.45) is 3.12. The second kappa shape index (κ2) is 8.19. The van der Waals surface area contributed by atoms with Crippen molar-refractivity contribution in [1.29, 1.82) is 0 Å². The van der Waals surface area contributed by atoms with Crippen LogP contribution in [0.2, 0.25) is 0 Å². The Balaban J connectivity index is 1.07. The Morgan fingerprint density at radius 2 is 1.73 bits per heavy atom. The lowest BCUT2D eigenvalue weighted by molar-refractivity contribution is 0.185. The zero-order chi connectivity index (χ0) is 22.4. The maximum atomic E-state index is 12.5. The first-order chi connectivity index (χ1) is 16.2. The maximum absolute atomic E-state index is 12.5. The summed E-state index contributed by atoms with van der Waals surface area (Å²) in [4.78, 5) is 20.5. The minimum absolute atomic E-state index is 0.0153. The van der Waals surface area contributed by atoms with Crippen LogP contribution in [0.15, 0.2) is 53.3 Å². The second-order valence-electron chi connectivity index (χ2n) is 9.15. The lowest BCUT2D eigenvalue weighted by Gasteiger charge is -2.34. The van der Waals surface area contributed by atoms with E-state index >= 15 is 0 Å². The van der Waals surface area contributed by atoms with Gasteiger partial charge in [0.05, 0.1) is 29.0 Å². The predicted molar refractivity (Wildman–Crippen MR) is 129 cm³/mol. The molecule has 33 heavy (non-hydrogen) atoms. The SMILES string of the molecule is Cc1nnc2n1-c1ccccc1N(CCCN1CCC(n3c(=O)[nH]c4ccccc43)CC1)C2. The molecule has 1 saturated heterocycles. The molecule has 6 rings (SSSR count). The van der Waals surface area contributed by atoms with Crippen molar-refractivity contribution in [2.45, 2.75) is 38.8 Å². The number of hydrogen-bond acceptors (Lipinski definition) is 5. The number of nitrogens with one attached hydrogen (secondary N) is 1. The number of benzene rings is 2. The highest BCUT2D eigenvalue weighted by atomic mass is 16.1. The molecule has 8 nitrogen and oxygen atoms in total. The summed E-state index contributed by atoms with van der Waals surface area (Å²) < 4.78 is 4.14. The molecule has 0 bridgehead atoms. The molecule has 2 aromatic heterocycles. The van der Waals surface area contributed by atoms with Crippen molar-refractivity contribution in [3.05, 3.63) is 70.7 Å². The summed E-state index contributed by atoms with van der Waals surface area (Å²) in [6, 6.07) is 16.8. The van der Waals surface area contributed by atoms with E-state index in [9.17, 15) is 4.79 Å². The van der Waals surface area contributed by atoms with E-state index < -0.39 is 0 Å². The van der Waals surface area contributed by atoms with E-state index in [2.05, 4.69) is 53.8 Å². The smallest absolute Gasteiger partial charge is 0.326 e. The van der Waals surface area contributed by atoms with Gasteiger partial charge in [0.15, 0.2) is 5.82 Å². The van der Waals surface area contributed by atoms with Gasteiger partial charge >= 0.3 is 5.69 Å². The van der Waals surface area contributed by atoms with Crippen molar-refractivity contribution in [1.82, 2.24) is 29.2 Å². The van der Waals surface area contributed by atoms with Gasteiger partial charge < -0.3 is 14.8 Å². The molecule has 4 heterocycles. The molecular weight excluding hydrogens is 414 g/mol. The zero-order valence-corrected chi connectivity index (χ0v) is 18.9. The molecule has 1 N–H and O–H groups in total. The highest BCUT2D eigenvalue weighted by Gasteiger charge is 2.26. The fraction of sp³-hybridized carbons (Fsp3) is 0.400.